The van der Waals surface area contributed by atoms with Crippen molar-refractivity contribution < 1.29 is 36.3 Å². The number of rotatable bonds is 10. The van der Waals surface area contributed by atoms with E-state index in [-0.39, 0.29) is 10.8 Å². The predicted molar refractivity (Wildman–Crippen MR) is 148 cm³/mol. The van der Waals surface area contributed by atoms with Crippen LogP contribution in [0.1, 0.15) is 22.8 Å². The number of nitrogens with zero attached hydrogens (tertiary/aromatic N) is 2. The molecule has 13 heteroatoms. The number of aliphatic carboxylic acids is 1. The zero-order chi connectivity index (χ0) is 29.9. The molecule has 0 aliphatic carbocycles. The SMILES string of the molecule is C=CCN(CC=C)C(=O)c1ccc(N2CCNCC2)c(NS(=O)(=O)c2ccc(CC)cc2)c1.O=C(O)C(F)(F)F. The Hall–Kier alpha value is -3.84. The van der Waals surface area contributed by atoms with Gasteiger partial charge in [0.1, 0.15) is 0 Å². The highest BCUT2D eigenvalue weighted by Gasteiger charge is 2.38. The number of halogens is 3. The van der Waals surface area contributed by atoms with Gasteiger partial charge in [-0.2, -0.15) is 13.2 Å². The third-order valence-electron chi connectivity index (χ3n) is 5.82. The van der Waals surface area contributed by atoms with Gasteiger partial charge in [0, 0.05) is 44.8 Å². The average Bonchev–Trinajstić information content (AvgIpc) is 2.92. The molecule has 0 aromatic heterocycles. The first-order chi connectivity index (χ1) is 18.8. The van der Waals surface area contributed by atoms with E-state index in [1.807, 2.05) is 25.1 Å². The van der Waals surface area contributed by atoms with E-state index in [2.05, 4.69) is 28.1 Å². The summed E-state index contributed by atoms with van der Waals surface area (Å²) in [7, 11) is -3.83. The zero-order valence-electron chi connectivity index (χ0n) is 22.1. The summed E-state index contributed by atoms with van der Waals surface area (Å²) in [5, 5.41) is 10.4. The number of alkyl halides is 3. The Morgan fingerprint density at radius 1 is 1.07 bits per heavy atom. The second kappa shape index (κ2) is 14.5. The summed E-state index contributed by atoms with van der Waals surface area (Å²) in [6.07, 6.45) is -0.947. The summed E-state index contributed by atoms with van der Waals surface area (Å²) in [5.74, 6) is -2.97. The van der Waals surface area contributed by atoms with Crippen molar-refractivity contribution in [1.29, 1.82) is 0 Å². The Labute approximate surface area is 232 Å². The van der Waals surface area contributed by atoms with E-state index in [0.717, 1.165) is 43.9 Å². The van der Waals surface area contributed by atoms with Gasteiger partial charge in [0.25, 0.3) is 15.9 Å². The molecule has 1 aliphatic heterocycles. The van der Waals surface area contributed by atoms with Gasteiger partial charge in [0.15, 0.2) is 0 Å². The van der Waals surface area contributed by atoms with Gasteiger partial charge >= 0.3 is 12.1 Å². The number of piperazine rings is 1. The fraction of sp³-hybridized carbons (Fsp3) is 0.333. The molecule has 9 nitrogen and oxygen atoms in total. The maximum absolute atomic E-state index is 13.2. The molecule has 1 fully saturated rings. The molecular weight excluding hydrogens is 549 g/mol. The van der Waals surface area contributed by atoms with Crippen LogP contribution in [0.25, 0.3) is 0 Å². The van der Waals surface area contributed by atoms with Crippen LogP contribution in [0.4, 0.5) is 24.5 Å². The van der Waals surface area contributed by atoms with Crippen LogP contribution in [0, 0.1) is 0 Å². The maximum atomic E-state index is 13.2. The fourth-order valence-electron chi connectivity index (χ4n) is 3.77. The number of benzene rings is 2. The number of carbonyl (C=O) groups is 2. The van der Waals surface area contributed by atoms with Crippen molar-refractivity contribution in [2.75, 3.05) is 48.9 Å². The molecule has 3 N–H and O–H groups in total. The van der Waals surface area contributed by atoms with E-state index in [9.17, 15) is 26.4 Å². The maximum Gasteiger partial charge on any atom is 0.490 e. The Bertz CT molecular complexity index is 1280. The van der Waals surface area contributed by atoms with Crippen molar-refractivity contribution in [2.24, 2.45) is 0 Å². The van der Waals surface area contributed by atoms with Crippen molar-refractivity contribution in [1.82, 2.24) is 10.2 Å². The smallest absolute Gasteiger partial charge is 0.475 e. The second-order valence-electron chi connectivity index (χ2n) is 8.66. The van der Waals surface area contributed by atoms with E-state index < -0.39 is 22.2 Å². The first kappa shape index (κ1) is 32.4. The molecule has 0 atom stereocenters. The minimum Gasteiger partial charge on any atom is -0.475 e. The molecule has 1 aliphatic rings. The van der Waals surface area contributed by atoms with Crippen molar-refractivity contribution in [2.45, 2.75) is 24.4 Å². The highest BCUT2D eigenvalue weighted by Crippen LogP contribution is 2.30. The largest absolute Gasteiger partial charge is 0.490 e. The number of carboxylic acids is 1. The lowest BCUT2D eigenvalue weighted by Crippen LogP contribution is -2.43. The minimum atomic E-state index is -5.08. The number of hydrogen-bond acceptors (Lipinski definition) is 6. The quantitative estimate of drug-likeness (QED) is 0.364. The molecule has 0 unspecified atom stereocenters. The summed E-state index contributed by atoms with van der Waals surface area (Å²) < 4.78 is 60.9. The van der Waals surface area contributed by atoms with E-state index in [1.54, 1.807) is 41.3 Å². The monoisotopic (exact) mass is 582 g/mol. The van der Waals surface area contributed by atoms with Crippen LogP contribution in [0.2, 0.25) is 0 Å². The summed E-state index contributed by atoms with van der Waals surface area (Å²) in [4.78, 5) is 25.9. The first-order valence-corrected chi connectivity index (χ1v) is 13.8. The van der Waals surface area contributed by atoms with Crippen molar-refractivity contribution in [3.63, 3.8) is 0 Å². The molecule has 0 radical (unpaired) electrons. The van der Waals surface area contributed by atoms with E-state index in [1.165, 1.54) is 0 Å². The first-order valence-electron chi connectivity index (χ1n) is 12.4. The van der Waals surface area contributed by atoms with E-state index >= 15 is 0 Å². The Morgan fingerprint density at radius 3 is 2.10 bits per heavy atom. The van der Waals surface area contributed by atoms with E-state index in [4.69, 9.17) is 9.90 Å². The number of amides is 1. The normalized spacial score (nSPS) is 13.4. The highest BCUT2D eigenvalue weighted by molar-refractivity contribution is 7.92. The average molecular weight is 583 g/mol. The molecule has 0 saturated carbocycles. The molecule has 0 bridgehead atoms. The van der Waals surface area contributed by atoms with Crippen LogP contribution in [-0.2, 0) is 21.2 Å². The van der Waals surface area contributed by atoms with Crippen LogP contribution >= 0.6 is 0 Å². The minimum absolute atomic E-state index is 0.183. The van der Waals surface area contributed by atoms with Gasteiger partial charge in [-0.15, -0.1) is 13.2 Å². The zero-order valence-corrected chi connectivity index (χ0v) is 22.9. The Morgan fingerprint density at radius 2 is 1.62 bits per heavy atom. The molecule has 1 amide bonds. The van der Waals surface area contributed by atoms with Crippen molar-refractivity contribution in [3.8, 4) is 0 Å². The molecule has 40 heavy (non-hydrogen) atoms. The van der Waals surface area contributed by atoms with Gasteiger partial charge in [0.05, 0.1) is 16.3 Å². The number of aryl methyl sites for hydroxylation is 1. The van der Waals surface area contributed by atoms with Crippen LogP contribution in [0.3, 0.4) is 0 Å². The second-order valence-corrected chi connectivity index (χ2v) is 10.3. The van der Waals surface area contributed by atoms with Gasteiger partial charge in [0.2, 0.25) is 0 Å². The summed E-state index contributed by atoms with van der Waals surface area (Å²) >= 11 is 0. The summed E-state index contributed by atoms with van der Waals surface area (Å²) in [5.41, 5.74) is 2.60. The van der Waals surface area contributed by atoms with Crippen LogP contribution < -0.4 is 14.9 Å². The number of anilines is 2. The number of hydrogen-bond donors (Lipinski definition) is 3. The van der Waals surface area contributed by atoms with Crippen LogP contribution in [0.5, 0.6) is 0 Å². The van der Waals surface area contributed by atoms with Gasteiger partial charge in [-0.1, -0.05) is 31.2 Å². The standard InChI is InChI=1S/C25H32N4O3S.C2HF3O2/c1-4-15-29(16-5-2)25(30)21-9-12-24(28-17-13-26-14-18-28)23(19-21)27-33(31,32)22-10-7-20(6-3)8-11-22;3-2(4,5)1(6)7/h4-5,7-12,19,26-27H,1-2,6,13-18H2,3H3;(H,6,7). The summed E-state index contributed by atoms with van der Waals surface area (Å²) in [6, 6.07) is 12.0. The Kier molecular flexibility index (Phi) is 11.7. The molecule has 2 aromatic rings. The van der Waals surface area contributed by atoms with Crippen molar-refractivity contribution >= 4 is 33.3 Å². The van der Waals surface area contributed by atoms with Crippen LogP contribution in [-0.4, -0.2) is 75.7 Å². The molecule has 218 valence electrons. The predicted octanol–water partition coefficient (Wildman–Crippen LogP) is 3.91. The lowest BCUT2D eigenvalue weighted by atomic mass is 10.1. The highest BCUT2D eigenvalue weighted by atomic mass is 32.2. The Balaban J connectivity index is 0.000000708. The third kappa shape index (κ3) is 9.12. The fourth-order valence-corrected chi connectivity index (χ4v) is 4.84. The molecular formula is C27H33F3N4O5S. The molecule has 3 rings (SSSR count). The van der Waals surface area contributed by atoms with Crippen LogP contribution in [0.15, 0.2) is 72.7 Å². The molecule has 2 aromatic carbocycles. The molecule has 0 spiro atoms. The van der Waals surface area contributed by atoms with Gasteiger partial charge in [-0.25, -0.2) is 13.2 Å². The number of nitrogens with one attached hydrogen (secondary N) is 2. The molecule has 1 saturated heterocycles. The van der Waals surface area contributed by atoms with Crippen molar-refractivity contribution in [3.05, 3.63) is 78.9 Å². The number of carboxylic acid groups (broad SMARTS) is 1. The summed E-state index contributed by atoms with van der Waals surface area (Å²) in [6.45, 7) is 13.3. The molecule has 1 heterocycles. The van der Waals surface area contributed by atoms with E-state index in [0.29, 0.717) is 24.3 Å². The third-order valence-corrected chi connectivity index (χ3v) is 7.20. The van der Waals surface area contributed by atoms with Gasteiger partial charge in [-0.3, -0.25) is 9.52 Å². The number of sulfonamides is 1. The lowest BCUT2D eigenvalue weighted by Gasteiger charge is -2.31. The van der Waals surface area contributed by atoms with Gasteiger partial charge in [-0.05, 0) is 42.3 Å². The number of carbonyl (C=O) groups excluding carboxylic acids is 1. The lowest BCUT2D eigenvalue weighted by molar-refractivity contribution is -0.192. The van der Waals surface area contributed by atoms with Gasteiger partial charge < -0.3 is 20.2 Å². The topological polar surface area (TPSA) is 119 Å².